The highest BCUT2D eigenvalue weighted by Crippen LogP contribution is 2.10. The van der Waals surface area contributed by atoms with Crippen molar-refractivity contribution in [1.82, 2.24) is 0 Å². The highest BCUT2D eigenvalue weighted by atomic mass is 16.6. The molecule has 3 heteroatoms. The fourth-order valence-electron chi connectivity index (χ4n) is 1.51. The number of rotatable bonds is 3. The summed E-state index contributed by atoms with van der Waals surface area (Å²) >= 11 is 0. The lowest BCUT2D eigenvalue weighted by atomic mass is 9.79. The maximum Gasteiger partial charge on any atom is 0.494 e. The van der Waals surface area contributed by atoms with Crippen molar-refractivity contribution in [3.05, 3.63) is 29.8 Å². The van der Waals surface area contributed by atoms with Crippen molar-refractivity contribution < 1.29 is 9.31 Å². The Labute approximate surface area is 79.0 Å². The number of benzene rings is 1. The van der Waals surface area contributed by atoms with Gasteiger partial charge >= 0.3 is 7.12 Å². The molecule has 0 radical (unpaired) electrons. The molecule has 2 nitrogen and oxygen atoms in total. The third kappa shape index (κ3) is 1.76. The van der Waals surface area contributed by atoms with Gasteiger partial charge in [0.25, 0.3) is 0 Å². The van der Waals surface area contributed by atoms with Crippen LogP contribution in [0.2, 0.25) is 0 Å². The minimum absolute atomic E-state index is 0.129. The maximum absolute atomic E-state index is 5.56. The summed E-state index contributed by atoms with van der Waals surface area (Å²) in [7, 11) is -0.129. The molecule has 1 aromatic carbocycles. The fourth-order valence-corrected chi connectivity index (χ4v) is 1.51. The summed E-state index contributed by atoms with van der Waals surface area (Å²) in [5.41, 5.74) is 2.44. The molecular weight excluding hydrogens is 163 g/mol. The quantitative estimate of drug-likeness (QED) is 0.647. The van der Waals surface area contributed by atoms with E-state index in [9.17, 15) is 0 Å². The molecule has 0 unspecified atom stereocenters. The van der Waals surface area contributed by atoms with Crippen LogP contribution in [0, 0.1) is 0 Å². The maximum atomic E-state index is 5.56. The SMILES string of the molecule is CCCOB1OCc2ccccc21. The van der Waals surface area contributed by atoms with Gasteiger partial charge in [0, 0.05) is 6.61 Å². The highest BCUT2D eigenvalue weighted by Gasteiger charge is 2.29. The van der Waals surface area contributed by atoms with Gasteiger partial charge in [-0.3, -0.25) is 0 Å². The Kier molecular flexibility index (Phi) is 2.66. The molecule has 13 heavy (non-hydrogen) atoms. The smallest absolute Gasteiger partial charge is 0.407 e. The van der Waals surface area contributed by atoms with Gasteiger partial charge in [0.1, 0.15) is 0 Å². The Morgan fingerprint density at radius 2 is 2.31 bits per heavy atom. The lowest BCUT2D eigenvalue weighted by Gasteiger charge is -2.06. The molecule has 0 saturated heterocycles. The zero-order valence-electron chi connectivity index (χ0n) is 7.82. The molecule has 0 spiro atoms. The fraction of sp³-hybridized carbons (Fsp3) is 0.400. The monoisotopic (exact) mass is 176 g/mol. The first-order valence-electron chi connectivity index (χ1n) is 4.73. The first kappa shape index (κ1) is 8.79. The van der Waals surface area contributed by atoms with Crippen molar-refractivity contribution in [2.24, 2.45) is 0 Å². The summed E-state index contributed by atoms with van der Waals surface area (Å²) in [6.07, 6.45) is 1.03. The lowest BCUT2D eigenvalue weighted by Crippen LogP contribution is -2.32. The standard InChI is InChI=1S/C10H13BO2/c1-2-7-12-11-10-6-4-3-5-9(10)8-13-11/h3-6H,2,7-8H2,1H3. The van der Waals surface area contributed by atoms with E-state index < -0.39 is 0 Å². The van der Waals surface area contributed by atoms with E-state index in [1.54, 1.807) is 0 Å². The average molecular weight is 176 g/mol. The molecule has 0 bridgehead atoms. The number of hydrogen-bond acceptors (Lipinski definition) is 2. The first-order chi connectivity index (χ1) is 6.42. The zero-order chi connectivity index (χ0) is 9.10. The van der Waals surface area contributed by atoms with Crippen molar-refractivity contribution in [2.45, 2.75) is 20.0 Å². The van der Waals surface area contributed by atoms with Gasteiger partial charge in [-0.15, -0.1) is 0 Å². The Morgan fingerprint density at radius 1 is 1.46 bits per heavy atom. The predicted octanol–water partition coefficient (Wildman–Crippen LogP) is 1.34. The summed E-state index contributed by atoms with van der Waals surface area (Å²) in [5.74, 6) is 0. The van der Waals surface area contributed by atoms with Crippen LogP contribution in [0.3, 0.4) is 0 Å². The molecule has 68 valence electrons. The first-order valence-corrected chi connectivity index (χ1v) is 4.73. The Bertz CT molecular complexity index is 288. The molecule has 2 rings (SSSR count). The van der Waals surface area contributed by atoms with Crippen LogP contribution < -0.4 is 5.46 Å². The van der Waals surface area contributed by atoms with Crippen molar-refractivity contribution >= 4 is 12.6 Å². The Morgan fingerprint density at radius 3 is 3.15 bits per heavy atom. The van der Waals surface area contributed by atoms with E-state index in [1.807, 2.05) is 12.1 Å². The van der Waals surface area contributed by atoms with E-state index in [0.717, 1.165) is 13.0 Å². The summed E-state index contributed by atoms with van der Waals surface area (Å²) in [6.45, 7) is 3.55. The van der Waals surface area contributed by atoms with Crippen LogP contribution in [0.1, 0.15) is 18.9 Å². The zero-order valence-corrected chi connectivity index (χ0v) is 7.82. The minimum atomic E-state index is -0.129. The van der Waals surface area contributed by atoms with E-state index in [1.165, 1.54) is 11.0 Å². The third-order valence-electron chi connectivity index (χ3n) is 2.17. The van der Waals surface area contributed by atoms with Gasteiger partial charge in [0.2, 0.25) is 0 Å². The van der Waals surface area contributed by atoms with E-state index in [4.69, 9.17) is 9.31 Å². The van der Waals surface area contributed by atoms with E-state index in [-0.39, 0.29) is 7.12 Å². The lowest BCUT2D eigenvalue weighted by molar-refractivity contribution is 0.211. The van der Waals surface area contributed by atoms with Crippen molar-refractivity contribution in [3.8, 4) is 0 Å². The van der Waals surface area contributed by atoms with Crippen molar-refractivity contribution in [1.29, 1.82) is 0 Å². The minimum Gasteiger partial charge on any atom is -0.407 e. The van der Waals surface area contributed by atoms with Crippen LogP contribution in [-0.2, 0) is 15.9 Å². The normalized spacial score (nSPS) is 14.7. The van der Waals surface area contributed by atoms with Crippen LogP contribution in [0.5, 0.6) is 0 Å². The second kappa shape index (κ2) is 3.94. The van der Waals surface area contributed by atoms with Gasteiger partial charge in [-0.05, 0) is 17.4 Å². The van der Waals surface area contributed by atoms with E-state index in [0.29, 0.717) is 6.61 Å². The molecule has 1 heterocycles. The van der Waals surface area contributed by atoms with Gasteiger partial charge < -0.3 is 9.31 Å². The second-order valence-corrected chi connectivity index (χ2v) is 3.21. The molecule has 1 aromatic rings. The highest BCUT2D eigenvalue weighted by molar-refractivity contribution is 6.62. The van der Waals surface area contributed by atoms with Crippen molar-refractivity contribution in [3.63, 3.8) is 0 Å². The van der Waals surface area contributed by atoms with Crippen LogP contribution in [0.4, 0.5) is 0 Å². The third-order valence-corrected chi connectivity index (χ3v) is 2.17. The van der Waals surface area contributed by atoms with Crippen LogP contribution in [0.25, 0.3) is 0 Å². The molecule has 0 amide bonds. The van der Waals surface area contributed by atoms with Crippen LogP contribution in [-0.4, -0.2) is 13.7 Å². The van der Waals surface area contributed by atoms with E-state index >= 15 is 0 Å². The van der Waals surface area contributed by atoms with Gasteiger partial charge in [0.05, 0.1) is 6.61 Å². The summed E-state index contributed by atoms with van der Waals surface area (Å²) < 4.78 is 11.1. The number of fused-ring (bicyclic) bond motifs is 1. The summed E-state index contributed by atoms with van der Waals surface area (Å²) in [4.78, 5) is 0. The van der Waals surface area contributed by atoms with Crippen molar-refractivity contribution in [2.75, 3.05) is 6.61 Å². The van der Waals surface area contributed by atoms with Gasteiger partial charge in [-0.25, -0.2) is 0 Å². The Balaban J connectivity index is 2.09. The molecule has 0 aliphatic carbocycles. The van der Waals surface area contributed by atoms with E-state index in [2.05, 4.69) is 19.1 Å². The topological polar surface area (TPSA) is 18.5 Å². The van der Waals surface area contributed by atoms with Crippen LogP contribution >= 0.6 is 0 Å². The molecule has 0 N–H and O–H groups in total. The van der Waals surface area contributed by atoms with Gasteiger partial charge in [-0.2, -0.15) is 0 Å². The molecule has 1 aliphatic rings. The summed E-state index contributed by atoms with van der Waals surface area (Å²) in [5, 5.41) is 0. The average Bonchev–Trinajstić information content (AvgIpc) is 2.58. The van der Waals surface area contributed by atoms with Gasteiger partial charge in [0.15, 0.2) is 0 Å². The van der Waals surface area contributed by atoms with Gasteiger partial charge in [-0.1, -0.05) is 31.2 Å². The molecule has 0 atom stereocenters. The molecule has 1 aliphatic heterocycles. The second-order valence-electron chi connectivity index (χ2n) is 3.21. The van der Waals surface area contributed by atoms with Crippen LogP contribution in [0.15, 0.2) is 24.3 Å². The molecule has 0 aromatic heterocycles. The number of hydrogen-bond donors (Lipinski definition) is 0. The molecular formula is C10H13BO2. The predicted molar refractivity (Wildman–Crippen MR) is 52.9 cm³/mol. The largest absolute Gasteiger partial charge is 0.494 e. The molecule has 0 saturated carbocycles. The summed E-state index contributed by atoms with van der Waals surface area (Å²) in [6, 6.07) is 8.22. The Hall–Kier alpha value is -0.795. The molecule has 0 fully saturated rings.